The Labute approximate surface area is 105 Å². The average Bonchev–Trinajstić information content (AvgIpc) is 2.13. The van der Waals surface area contributed by atoms with Crippen LogP contribution in [-0.4, -0.2) is 21.9 Å². The molecule has 2 saturated carbocycles. The van der Waals surface area contributed by atoms with Crippen molar-refractivity contribution in [1.29, 1.82) is 0 Å². The molecule has 0 aromatic rings. The molecule has 2 rings (SSSR count). The minimum atomic E-state index is -0.586. The minimum absolute atomic E-state index is 0.205. The summed E-state index contributed by atoms with van der Waals surface area (Å²) in [6, 6.07) is 0. The van der Waals surface area contributed by atoms with E-state index in [0.717, 1.165) is 32.1 Å². The summed E-state index contributed by atoms with van der Waals surface area (Å²) >= 11 is 0. The smallest absolute Gasteiger partial charge is 0.0620 e. The molecule has 2 N–H and O–H groups in total. The van der Waals surface area contributed by atoms with Crippen LogP contribution in [0.2, 0.25) is 0 Å². The summed E-state index contributed by atoms with van der Waals surface area (Å²) in [7, 11) is 0. The lowest BCUT2D eigenvalue weighted by atomic mass is 9.55. The molecule has 0 saturated heterocycles. The van der Waals surface area contributed by atoms with Crippen LogP contribution in [0.3, 0.4) is 0 Å². The first-order chi connectivity index (χ1) is 7.72. The molecule has 0 bridgehead atoms. The summed E-state index contributed by atoms with van der Waals surface area (Å²) in [6.07, 6.45) is 4.64. The molecule has 17 heavy (non-hydrogen) atoms. The normalized spacial score (nSPS) is 43.4. The van der Waals surface area contributed by atoms with Crippen molar-refractivity contribution in [2.24, 2.45) is 17.3 Å². The maximum atomic E-state index is 10.2. The van der Waals surface area contributed by atoms with E-state index in [0.29, 0.717) is 11.8 Å². The fourth-order valence-corrected chi connectivity index (χ4v) is 3.97. The van der Waals surface area contributed by atoms with Crippen LogP contribution in [0, 0.1) is 17.3 Å². The number of hydrogen-bond acceptors (Lipinski definition) is 2. The zero-order valence-electron chi connectivity index (χ0n) is 11.4. The number of fused-ring (bicyclic) bond motifs is 1. The third-order valence-electron chi connectivity index (χ3n) is 5.12. The van der Waals surface area contributed by atoms with E-state index < -0.39 is 5.60 Å². The molecule has 0 heterocycles. The van der Waals surface area contributed by atoms with Gasteiger partial charge in [-0.05, 0) is 63.2 Å². The van der Waals surface area contributed by atoms with Crippen LogP contribution in [0.25, 0.3) is 0 Å². The lowest BCUT2D eigenvalue weighted by Gasteiger charge is -2.51. The van der Waals surface area contributed by atoms with Crippen molar-refractivity contribution in [3.8, 4) is 0 Å². The monoisotopic (exact) mass is 238 g/mol. The summed E-state index contributed by atoms with van der Waals surface area (Å²) in [6.45, 7) is 10.3. The predicted molar refractivity (Wildman–Crippen MR) is 69.6 cm³/mol. The van der Waals surface area contributed by atoms with Crippen molar-refractivity contribution in [2.45, 2.75) is 64.6 Å². The Morgan fingerprint density at radius 2 is 2.06 bits per heavy atom. The Balaban J connectivity index is 2.17. The molecular formula is C15H26O2. The average molecular weight is 238 g/mol. The fraction of sp³-hybridized carbons (Fsp3) is 0.867. The van der Waals surface area contributed by atoms with E-state index >= 15 is 0 Å². The molecule has 4 atom stereocenters. The molecular weight excluding hydrogens is 212 g/mol. The van der Waals surface area contributed by atoms with Gasteiger partial charge in [-0.2, -0.15) is 0 Å². The van der Waals surface area contributed by atoms with Crippen molar-refractivity contribution in [2.75, 3.05) is 0 Å². The van der Waals surface area contributed by atoms with Crippen molar-refractivity contribution in [1.82, 2.24) is 0 Å². The lowest BCUT2D eigenvalue weighted by Crippen LogP contribution is -2.46. The highest BCUT2D eigenvalue weighted by molar-refractivity contribution is 5.15. The molecule has 0 amide bonds. The lowest BCUT2D eigenvalue weighted by molar-refractivity contribution is -0.0565. The van der Waals surface area contributed by atoms with E-state index in [2.05, 4.69) is 13.5 Å². The molecule has 98 valence electrons. The van der Waals surface area contributed by atoms with Crippen molar-refractivity contribution < 1.29 is 10.2 Å². The number of rotatable bonds is 1. The minimum Gasteiger partial charge on any atom is -0.393 e. The maximum Gasteiger partial charge on any atom is 0.0620 e. The van der Waals surface area contributed by atoms with E-state index in [1.807, 2.05) is 13.8 Å². The van der Waals surface area contributed by atoms with E-state index in [4.69, 9.17) is 0 Å². The standard InChI is InChI=1S/C15H26O2/c1-10-7-12(16)9-15(4)6-5-11(8-13(10)15)14(2,3)17/h11-13,16-17H,1,5-9H2,2-4H3/t11-,12+,13?,15+/m1/s1. The van der Waals surface area contributed by atoms with E-state index in [1.54, 1.807) is 0 Å². The van der Waals surface area contributed by atoms with E-state index in [-0.39, 0.29) is 11.5 Å². The molecule has 2 heteroatoms. The highest BCUT2D eigenvalue weighted by atomic mass is 16.3. The van der Waals surface area contributed by atoms with Crippen molar-refractivity contribution >= 4 is 0 Å². The Kier molecular flexibility index (Phi) is 3.16. The summed E-state index contributed by atoms with van der Waals surface area (Å²) < 4.78 is 0. The zero-order chi connectivity index (χ0) is 12.8. The number of aliphatic hydroxyl groups excluding tert-OH is 1. The summed E-state index contributed by atoms with van der Waals surface area (Å²) in [5.74, 6) is 0.851. The highest BCUT2D eigenvalue weighted by Crippen LogP contribution is 2.54. The Hall–Kier alpha value is -0.340. The molecule has 1 unspecified atom stereocenters. The van der Waals surface area contributed by atoms with Crippen LogP contribution in [0.4, 0.5) is 0 Å². The molecule has 2 fully saturated rings. The second-order valence-electron chi connectivity index (χ2n) is 7.05. The molecule has 2 aliphatic rings. The summed E-state index contributed by atoms with van der Waals surface area (Å²) in [5, 5.41) is 20.1. The highest BCUT2D eigenvalue weighted by Gasteiger charge is 2.47. The third-order valence-corrected chi connectivity index (χ3v) is 5.12. The molecule has 0 aromatic carbocycles. The van der Waals surface area contributed by atoms with Gasteiger partial charge in [-0.3, -0.25) is 0 Å². The first kappa shape index (κ1) is 13.1. The molecule has 0 aliphatic heterocycles. The third kappa shape index (κ3) is 2.43. The first-order valence-electron chi connectivity index (χ1n) is 6.80. The largest absolute Gasteiger partial charge is 0.393 e. The van der Waals surface area contributed by atoms with Crippen LogP contribution >= 0.6 is 0 Å². The zero-order valence-corrected chi connectivity index (χ0v) is 11.4. The Morgan fingerprint density at radius 1 is 1.41 bits per heavy atom. The van der Waals surface area contributed by atoms with Gasteiger partial charge in [0.15, 0.2) is 0 Å². The van der Waals surface area contributed by atoms with Crippen LogP contribution in [0.5, 0.6) is 0 Å². The number of hydrogen-bond donors (Lipinski definition) is 2. The van der Waals surface area contributed by atoms with Crippen molar-refractivity contribution in [3.05, 3.63) is 12.2 Å². The molecule has 2 aliphatic carbocycles. The fourth-order valence-electron chi connectivity index (χ4n) is 3.97. The SMILES string of the molecule is C=C1C[C@H](O)C[C@]2(C)CC[C@@H](C(C)(C)O)CC12. The molecule has 0 radical (unpaired) electrons. The first-order valence-corrected chi connectivity index (χ1v) is 6.80. The summed E-state index contributed by atoms with van der Waals surface area (Å²) in [5.41, 5.74) is 0.814. The van der Waals surface area contributed by atoms with Crippen LogP contribution in [0.15, 0.2) is 12.2 Å². The van der Waals surface area contributed by atoms with Gasteiger partial charge in [-0.1, -0.05) is 19.1 Å². The van der Waals surface area contributed by atoms with Gasteiger partial charge < -0.3 is 10.2 Å². The van der Waals surface area contributed by atoms with Gasteiger partial charge in [0.25, 0.3) is 0 Å². The quantitative estimate of drug-likeness (QED) is 0.690. The Bertz CT molecular complexity index is 315. The van der Waals surface area contributed by atoms with Gasteiger partial charge in [0.2, 0.25) is 0 Å². The topological polar surface area (TPSA) is 40.5 Å². The van der Waals surface area contributed by atoms with Crippen molar-refractivity contribution in [3.63, 3.8) is 0 Å². The van der Waals surface area contributed by atoms with Gasteiger partial charge in [-0.25, -0.2) is 0 Å². The van der Waals surface area contributed by atoms with Gasteiger partial charge in [-0.15, -0.1) is 0 Å². The predicted octanol–water partition coefficient (Wildman–Crippen LogP) is 2.89. The second kappa shape index (κ2) is 4.10. The second-order valence-corrected chi connectivity index (χ2v) is 7.05. The van der Waals surface area contributed by atoms with Crippen LogP contribution in [-0.2, 0) is 0 Å². The van der Waals surface area contributed by atoms with Gasteiger partial charge in [0.05, 0.1) is 11.7 Å². The Morgan fingerprint density at radius 3 is 2.65 bits per heavy atom. The van der Waals surface area contributed by atoms with Gasteiger partial charge in [0, 0.05) is 0 Å². The molecule has 0 spiro atoms. The maximum absolute atomic E-state index is 10.2. The van der Waals surface area contributed by atoms with E-state index in [1.165, 1.54) is 5.57 Å². The molecule has 2 nitrogen and oxygen atoms in total. The van der Waals surface area contributed by atoms with Gasteiger partial charge >= 0.3 is 0 Å². The van der Waals surface area contributed by atoms with Crippen LogP contribution < -0.4 is 0 Å². The van der Waals surface area contributed by atoms with Gasteiger partial charge in [0.1, 0.15) is 0 Å². The molecule has 0 aromatic heterocycles. The summed E-state index contributed by atoms with van der Waals surface area (Å²) in [4.78, 5) is 0. The number of aliphatic hydroxyl groups is 2. The van der Waals surface area contributed by atoms with E-state index in [9.17, 15) is 10.2 Å². The van der Waals surface area contributed by atoms with Crippen LogP contribution in [0.1, 0.15) is 52.9 Å².